The molecule has 0 spiro atoms. The van der Waals surface area contributed by atoms with E-state index in [1.54, 1.807) is 61.5 Å². The number of hydrazone groups is 1. The highest BCUT2D eigenvalue weighted by molar-refractivity contribution is 9.10. The van der Waals surface area contributed by atoms with E-state index in [1.807, 2.05) is 30.3 Å². The molecule has 3 N–H and O–H groups in total. The lowest BCUT2D eigenvalue weighted by molar-refractivity contribution is -0.117. The maximum Gasteiger partial charge on any atom is 0.287 e. The number of carbonyl (C=O) groups excluding carboxylic acids is 2. The number of nitrogens with one attached hydrogen (secondary N) is 2. The molecule has 3 aromatic rings. The minimum absolute atomic E-state index is 0.00310. The zero-order chi connectivity index (χ0) is 25.0. The van der Waals surface area contributed by atoms with E-state index in [0.29, 0.717) is 22.2 Å². The summed E-state index contributed by atoms with van der Waals surface area (Å²) in [7, 11) is 0. The highest BCUT2D eigenvalue weighted by Crippen LogP contribution is 2.32. The van der Waals surface area contributed by atoms with Gasteiger partial charge in [-0.05, 0) is 42.8 Å². The van der Waals surface area contributed by atoms with Crippen molar-refractivity contribution < 1.29 is 19.4 Å². The number of carbonyl (C=O) groups is 2. The molecule has 8 heteroatoms. The molecule has 178 valence electrons. The van der Waals surface area contributed by atoms with Crippen LogP contribution in [0, 0.1) is 0 Å². The first-order valence-electron chi connectivity index (χ1n) is 10.8. The molecular weight excluding hydrogens is 510 g/mol. The highest BCUT2D eigenvalue weighted by Gasteiger charge is 2.14. The summed E-state index contributed by atoms with van der Waals surface area (Å²) < 4.78 is 6.07. The predicted molar refractivity (Wildman–Crippen MR) is 140 cm³/mol. The Morgan fingerprint density at radius 1 is 1.06 bits per heavy atom. The van der Waals surface area contributed by atoms with Crippen molar-refractivity contribution in [1.82, 2.24) is 10.7 Å². The number of hydrogen-bond acceptors (Lipinski definition) is 5. The molecule has 0 aliphatic carbocycles. The summed E-state index contributed by atoms with van der Waals surface area (Å²) in [5.74, 6) is -0.888. The van der Waals surface area contributed by atoms with E-state index in [4.69, 9.17) is 4.74 Å². The van der Waals surface area contributed by atoms with Crippen molar-refractivity contribution in [1.29, 1.82) is 0 Å². The summed E-state index contributed by atoms with van der Waals surface area (Å²) in [5.41, 5.74) is 4.06. The minimum atomic E-state index is -0.636. The largest absolute Gasteiger partial charge is 0.504 e. The molecule has 7 nitrogen and oxygen atoms in total. The van der Waals surface area contributed by atoms with Crippen LogP contribution >= 0.6 is 15.9 Å². The Hall–Kier alpha value is -4.17. The fourth-order valence-electron chi connectivity index (χ4n) is 2.96. The van der Waals surface area contributed by atoms with Gasteiger partial charge in [0.25, 0.3) is 11.8 Å². The molecule has 0 bridgehead atoms. The second-order valence-electron chi connectivity index (χ2n) is 7.14. The summed E-state index contributed by atoms with van der Waals surface area (Å²) in [6.45, 7) is 2.18. The Labute approximate surface area is 212 Å². The Morgan fingerprint density at radius 3 is 2.43 bits per heavy atom. The Balaban J connectivity index is 1.79. The molecule has 0 unspecified atom stereocenters. The third kappa shape index (κ3) is 7.68. The van der Waals surface area contributed by atoms with Gasteiger partial charge >= 0.3 is 0 Å². The zero-order valence-corrected chi connectivity index (χ0v) is 20.5. The number of amides is 2. The van der Waals surface area contributed by atoms with Gasteiger partial charge < -0.3 is 15.2 Å². The van der Waals surface area contributed by atoms with Crippen molar-refractivity contribution in [3.63, 3.8) is 0 Å². The molecule has 0 saturated carbocycles. The van der Waals surface area contributed by atoms with Gasteiger partial charge in [-0.15, -0.1) is 0 Å². The van der Waals surface area contributed by atoms with Gasteiger partial charge in [0.1, 0.15) is 5.70 Å². The second-order valence-corrected chi connectivity index (χ2v) is 8.06. The predicted octanol–water partition coefficient (Wildman–Crippen LogP) is 5.03. The number of benzene rings is 3. The van der Waals surface area contributed by atoms with E-state index in [1.165, 1.54) is 12.3 Å². The molecule has 0 fully saturated rings. The van der Waals surface area contributed by atoms with Gasteiger partial charge in [0.2, 0.25) is 0 Å². The van der Waals surface area contributed by atoms with Crippen LogP contribution in [0.4, 0.5) is 0 Å². The standard InChI is InChI=1S/C27H24BrN3O4/c1-2-35-24-17-22(28)16-21(25(24)32)18-29-31-27(34)23(15-9-12-19-10-5-3-6-11-19)30-26(33)20-13-7-4-8-14-20/h3-18,32H,2H2,1H3,(H,30,33)(H,31,34)/b12-9+,23-15-,29-18+. The average molecular weight is 534 g/mol. The van der Waals surface area contributed by atoms with Gasteiger partial charge in [0.15, 0.2) is 11.5 Å². The molecule has 0 heterocycles. The topological polar surface area (TPSA) is 100 Å². The van der Waals surface area contributed by atoms with Crippen LogP contribution in [0.1, 0.15) is 28.4 Å². The summed E-state index contributed by atoms with van der Waals surface area (Å²) in [6.07, 6.45) is 6.24. The van der Waals surface area contributed by atoms with E-state index in [0.717, 1.165) is 5.56 Å². The van der Waals surface area contributed by atoms with E-state index in [-0.39, 0.29) is 17.2 Å². The second kappa shape index (κ2) is 12.9. The van der Waals surface area contributed by atoms with Crippen molar-refractivity contribution in [2.75, 3.05) is 6.61 Å². The SMILES string of the molecule is CCOc1cc(Br)cc(/C=N/NC(=O)/C(=C/C=C/c2ccccc2)NC(=O)c2ccccc2)c1O. The van der Waals surface area contributed by atoms with Crippen LogP contribution in [0.5, 0.6) is 11.5 Å². The first-order chi connectivity index (χ1) is 17.0. The van der Waals surface area contributed by atoms with Crippen LogP contribution in [0.2, 0.25) is 0 Å². The fourth-order valence-corrected chi connectivity index (χ4v) is 3.41. The number of phenolic OH excluding ortho intramolecular Hbond substituents is 1. The van der Waals surface area contributed by atoms with Crippen LogP contribution in [0.15, 0.2) is 100 Å². The quantitative estimate of drug-likeness (QED) is 0.155. The average Bonchev–Trinajstić information content (AvgIpc) is 2.87. The van der Waals surface area contributed by atoms with Gasteiger partial charge in [-0.25, -0.2) is 5.43 Å². The van der Waals surface area contributed by atoms with Crippen LogP contribution in [0.25, 0.3) is 6.08 Å². The lowest BCUT2D eigenvalue weighted by Gasteiger charge is -2.09. The minimum Gasteiger partial charge on any atom is -0.504 e. The van der Waals surface area contributed by atoms with Crippen LogP contribution < -0.4 is 15.5 Å². The van der Waals surface area contributed by atoms with Gasteiger partial charge in [0, 0.05) is 15.6 Å². The first-order valence-corrected chi connectivity index (χ1v) is 11.6. The first kappa shape index (κ1) is 25.5. The van der Waals surface area contributed by atoms with Crippen molar-refractivity contribution in [3.05, 3.63) is 112 Å². The maximum absolute atomic E-state index is 12.8. The number of aromatic hydroxyl groups is 1. The Bertz CT molecular complexity index is 1260. The zero-order valence-electron chi connectivity index (χ0n) is 18.9. The van der Waals surface area contributed by atoms with Crippen LogP contribution in [-0.4, -0.2) is 29.7 Å². The maximum atomic E-state index is 12.8. The molecule has 3 aromatic carbocycles. The molecule has 0 atom stereocenters. The number of rotatable bonds is 9. The summed E-state index contributed by atoms with van der Waals surface area (Å²) in [6, 6.07) is 21.4. The lowest BCUT2D eigenvalue weighted by Crippen LogP contribution is -2.32. The number of halogens is 1. The van der Waals surface area contributed by atoms with Gasteiger partial charge in [-0.1, -0.05) is 76.6 Å². The fraction of sp³-hybridized carbons (Fsp3) is 0.0741. The van der Waals surface area contributed by atoms with Gasteiger partial charge in [-0.3, -0.25) is 9.59 Å². The van der Waals surface area contributed by atoms with Crippen LogP contribution in [0.3, 0.4) is 0 Å². The molecule has 2 amide bonds. The third-order valence-electron chi connectivity index (χ3n) is 4.62. The summed E-state index contributed by atoms with van der Waals surface area (Å²) in [4.78, 5) is 25.4. The van der Waals surface area contributed by atoms with Crippen molar-refractivity contribution in [2.45, 2.75) is 6.92 Å². The van der Waals surface area contributed by atoms with E-state index in [2.05, 4.69) is 31.8 Å². The molecule has 0 aliphatic rings. The normalized spacial score (nSPS) is 11.5. The Kier molecular flexibility index (Phi) is 9.39. The van der Waals surface area contributed by atoms with Crippen molar-refractivity contribution in [2.24, 2.45) is 5.10 Å². The molecule has 0 aromatic heterocycles. The van der Waals surface area contributed by atoms with Crippen molar-refractivity contribution in [3.8, 4) is 11.5 Å². The number of hydrogen-bond donors (Lipinski definition) is 3. The highest BCUT2D eigenvalue weighted by atomic mass is 79.9. The monoisotopic (exact) mass is 533 g/mol. The van der Waals surface area contributed by atoms with Gasteiger partial charge in [-0.2, -0.15) is 5.10 Å². The van der Waals surface area contributed by atoms with Crippen LogP contribution in [-0.2, 0) is 4.79 Å². The van der Waals surface area contributed by atoms with E-state index in [9.17, 15) is 14.7 Å². The third-order valence-corrected chi connectivity index (χ3v) is 5.08. The van der Waals surface area contributed by atoms with E-state index < -0.39 is 11.8 Å². The lowest BCUT2D eigenvalue weighted by atomic mass is 10.2. The molecule has 35 heavy (non-hydrogen) atoms. The Morgan fingerprint density at radius 2 is 1.74 bits per heavy atom. The smallest absolute Gasteiger partial charge is 0.287 e. The summed E-state index contributed by atoms with van der Waals surface area (Å²) in [5, 5.41) is 16.9. The number of nitrogens with zero attached hydrogens (tertiary/aromatic N) is 1. The number of ether oxygens (including phenoxy) is 1. The van der Waals surface area contributed by atoms with E-state index >= 15 is 0 Å². The number of allylic oxidation sites excluding steroid dienone is 2. The molecule has 3 rings (SSSR count). The summed E-state index contributed by atoms with van der Waals surface area (Å²) >= 11 is 3.35. The molecular formula is C27H24BrN3O4. The number of phenols is 1. The van der Waals surface area contributed by atoms with Crippen molar-refractivity contribution >= 4 is 40.0 Å². The molecule has 0 aliphatic heterocycles. The molecule has 0 radical (unpaired) electrons. The molecule has 0 saturated heterocycles. The van der Waals surface area contributed by atoms with Gasteiger partial charge in [0.05, 0.1) is 12.8 Å².